The van der Waals surface area contributed by atoms with Gasteiger partial charge in [0.25, 0.3) is 5.91 Å². The molecule has 3 aromatic rings. The van der Waals surface area contributed by atoms with Crippen LogP contribution in [0.2, 0.25) is 5.02 Å². The predicted octanol–water partition coefficient (Wildman–Crippen LogP) is 8.79. The Hall–Kier alpha value is -2.55. The molecule has 0 fully saturated rings. The number of anilines is 1. The van der Waals surface area contributed by atoms with Crippen LogP contribution in [0.4, 0.5) is 18.9 Å². The average molecular weight is 579 g/mol. The maximum absolute atomic E-state index is 13.6. The number of aromatic nitrogens is 1. The number of ether oxygens (including phenoxy) is 1. The zero-order chi connectivity index (χ0) is 28.5. The second kappa shape index (κ2) is 14.7. The molecule has 0 aliphatic rings. The van der Waals surface area contributed by atoms with E-state index in [4.69, 9.17) is 16.3 Å². The van der Waals surface area contributed by atoms with Crippen molar-refractivity contribution in [2.75, 3.05) is 11.9 Å². The van der Waals surface area contributed by atoms with Crippen molar-refractivity contribution >= 4 is 35.0 Å². The van der Waals surface area contributed by atoms with E-state index >= 15 is 0 Å². The first-order valence-electron chi connectivity index (χ1n) is 13.0. The Labute approximate surface area is 237 Å². The Morgan fingerprint density at radius 1 is 1.10 bits per heavy atom. The lowest BCUT2D eigenvalue weighted by Crippen LogP contribution is -2.24. The zero-order valence-corrected chi connectivity index (χ0v) is 24.1. The van der Waals surface area contributed by atoms with Gasteiger partial charge in [-0.05, 0) is 54.0 Å². The number of nitrogens with one attached hydrogen (secondary N) is 1. The monoisotopic (exact) mass is 578 g/mol. The van der Waals surface area contributed by atoms with Gasteiger partial charge >= 0.3 is 0 Å². The molecule has 0 saturated carbocycles. The molecule has 0 saturated heterocycles. The van der Waals surface area contributed by atoms with Gasteiger partial charge in [0.05, 0.1) is 11.6 Å². The number of hydrogen-bond acceptors (Lipinski definition) is 4. The van der Waals surface area contributed by atoms with E-state index in [-0.39, 0.29) is 22.4 Å². The second-order valence-electron chi connectivity index (χ2n) is 9.97. The summed E-state index contributed by atoms with van der Waals surface area (Å²) in [6, 6.07) is 10.2. The lowest BCUT2D eigenvalue weighted by molar-refractivity contribution is 0.0871. The number of halogens is 4. The lowest BCUT2D eigenvalue weighted by Gasteiger charge is -2.30. The Balaban J connectivity index is 1.72. The summed E-state index contributed by atoms with van der Waals surface area (Å²) in [4.78, 5) is 17.7. The SMILES string of the molecule is CCC(C)C(C)C(CC(C)COCc1cccnc1)Sc1cc(C(=O)Nc2cc(F)c(F)c(F)c2)ccc1Cl. The molecule has 39 heavy (non-hydrogen) atoms. The molecule has 2 aromatic carbocycles. The minimum atomic E-state index is -1.59. The van der Waals surface area contributed by atoms with Crippen molar-refractivity contribution in [1.29, 1.82) is 0 Å². The number of carbonyl (C=O) groups is 1. The molecule has 0 radical (unpaired) electrons. The van der Waals surface area contributed by atoms with Crippen LogP contribution in [-0.2, 0) is 11.3 Å². The summed E-state index contributed by atoms with van der Waals surface area (Å²) in [6.07, 6.45) is 5.44. The van der Waals surface area contributed by atoms with Crippen LogP contribution in [-0.4, -0.2) is 22.7 Å². The number of hydrogen-bond donors (Lipinski definition) is 1. The summed E-state index contributed by atoms with van der Waals surface area (Å²) >= 11 is 8.17. The highest BCUT2D eigenvalue weighted by Crippen LogP contribution is 2.40. The molecule has 4 unspecified atom stereocenters. The Bertz CT molecular complexity index is 1230. The first-order chi connectivity index (χ1) is 18.6. The molecule has 1 heterocycles. The minimum Gasteiger partial charge on any atom is -0.376 e. The molecule has 4 atom stereocenters. The molecule has 9 heteroatoms. The van der Waals surface area contributed by atoms with Crippen molar-refractivity contribution in [3.63, 3.8) is 0 Å². The Kier molecular flexibility index (Phi) is 11.7. The highest BCUT2D eigenvalue weighted by atomic mass is 35.5. The summed E-state index contributed by atoms with van der Waals surface area (Å²) in [5, 5.41) is 3.14. The third-order valence-corrected chi connectivity index (χ3v) is 8.83. The molecular weight excluding hydrogens is 545 g/mol. The standard InChI is InChI=1S/C30H34ClF3N2O2S/c1-5-19(3)20(4)27(11-18(2)16-38-17-21-7-6-10-35-15-21)39-28-12-22(8-9-24(28)31)30(37)36-23-13-25(32)29(34)26(33)14-23/h6-10,12-15,18-20,27H,5,11,16-17H2,1-4H3,(H,36,37). The number of rotatable bonds is 13. The Morgan fingerprint density at radius 2 is 1.82 bits per heavy atom. The molecule has 210 valence electrons. The van der Waals surface area contributed by atoms with Gasteiger partial charge in [-0.15, -0.1) is 11.8 Å². The molecule has 0 aliphatic heterocycles. The van der Waals surface area contributed by atoms with E-state index in [1.165, 1.54) is 0 Å². The summed E-state index contributed by atoms with van der Waals surface area (Å²) in [7, 11) is 0. The van der Waals surface area contributed by atoms with Crippen molar-refractivity contribution in [3.05, 3.63) is 88.5 Å². The molecule has 1 amide bonds. The van der Waals surface area contributed by atoms with Crippen LogP contribution in [0, 0.1) is 35.2 Å². The number of carbonyl (C=O) groups excluding carboxylic acids is 1. The summed E-state index contributed by atoms with van der Waals surface area (Å²) in [5.74, 6) is -3.81. The van der Waals surface area contributed by atoms with Gasteiger partial charge in [-0.25, -0.2) is 13.2 Å². The van der Waals surface area contributed by atoms with Gasteiger partial charge in [-0.3, -0.25) is 9.78 Å². The number of nitrogens with zero attached hydrogens (tertiary/aromatic N) is 1. The van der Waals surface area contributed by atoms with E-state index in [1.807, 2.05) is 12.1 Å². The third kappa shape index (κ3) is 8.98. The fourth-order valence-corrected chi connectivity index (χ4v) is 6.02. The van der Waals surface area contributed by atoms with Crippen molar-refractivity contribution in [3.8, 4) is 0 Å². The van der Waals surface area contributed by atoms with Crippen molar-refractivity contribution in [1.82, 2.24) is 4.98 Å². The molecule has 0 bridgehead atoms. The van der Waals surface area contributed by atoms with E-state index in [0.29, 0.717) is 30.1 Å². The van der Waals surface area contributed by atoms with Gasteiger partial charge in [0.2, 0.25) is 0 Å². The van der Waals surface area contributed by atoms with E-state index < -0.39 is 23.4 Å². The highest BCUT2D eigenvalue weighted by molar-refractivity contribution is 8.00. The van der Waals surface area contributed by atoms with Crippen LogP contribution in [0.3, 0.4) is 0 Å². The normalized spacial score (nSPS) is 14.5. The lowest BCUT2D eigenvalue weighted by atomic mass is 9.87. The van der Waals surface area contributed by atoms with Crippen molar-refractivity contribution in [2.45, 2.75) is 57.3 Å². The fourth-order valence-electron chi connectivity index (χ4n) is 4.16. The quantitative estimate of drug-likeness (QED) is 0.163. The van der Waals surface area contributed by atoms with Crippen LogP contribution in [0.1, 0.15) is 56.5 Å². The van der Waals surface area contributed by atoms with E-state index in [2.05, 4.69) is 38.0 Å². The third-order valence-electron chi connectivity index (χ3n) is 6.87. The average Bonchev–Trinajstić information content (AvgIpc) is 2.92. The maximum Gasteiger partial charge on any atom is 0.255 e. The van der Waals surface area contributed by atoms with Crippen LogP contribution in [0.25, 0.3) is 0 Å². The smallest absolute Gasteiger partial charge is 0.255 e. The van der Waals surface area contributed by atoms with Gasteiger partial charge in [0, 0.05) is 52.5 Å². The van der Waals surface area contributed by atoms with Gasteiger partial charge in [-0.2, -0.15) is 0 Å². The van der Waals surface area contributed by atoms with Gasteiger partial charge < -0.3 is 10.1 Å². The topological polar surface area (TPSA) is 51.2 Å². The van der Waals surface area contributed by atoms with Gasteiger partial charge in [0.15, 0.2) is 17.5 Å². The van der Waals surface area contributed by atoms with Crippen LogP contribution < -0.4 is 5.32 Å². The van der Waals surface area contributed by atoms with Crippen LogP contribution in [0.5, 0.6) is 0 Å². The first-order valence-corrected chi connectivity index (χ1v) is 14.2. The van der Waals surface area contributed by atoms with Crippen molar-refractivity contribution < 1.29 is 22.7 Å². The molecule has 1 aromatic heterocycles. The summed E-state index contributed by atoms with van der Waals surface area (Å²) < 4.78 is 46.4. The number of amides is 1. The number of pyridine rings is 1. The highest BCUT2D eigenvalue weighted by Gasteiger charge is 2.26. The zero-order valence-electron chi connectivity index (χ0n) is 22.5. The first kappa shape index (κ1) is 31.0. The van der Waals surface area contributed by atoms with E-state index in [1.54, 1.807) is 42.4 Å². The summed E-state index contributed by atoms with van der Waals surface area (Å²) in [6.45, 7) is 9.89. The van der Waals surface area contributed by atoms with Gasteiger partial charge in [0.1, 0.15) is 0 Å². The Morgan fingerprint density at radius 3 is 2.46 bits per heavy atom. The second-order valence-corrected chi connectivity index (χ2v) is 11.7. The van der Waals surface area contributed by atoms with Crippen LogP contribution in [0.15, 0.2) is 59.8 Å². The number of benzene rings is 2. The largest absolute Gasteiger partial charge is 0.376 e. The number of thioether (sulfide) groups is 1. The van der Waals surface area contributed by atoms with Gasteiger partial charge in [-0.1, -0.05) is 51.8 Å². The fraction of sp³-hybridized carbons (Fsp3) is 0.400. The molecule has 4 nitrogen and oxygen atoms in total. The van der Waals surface area contributed by atoms with E-state index in [0.717, 1.165) is 35.4 Å². The van der Waals surface area contributed by atoms with Crippen LogP contribution >= 0.6 is 23.4 Å². The summed E-state index contributed by atoms with van der Waals surface area (Å²) in [5.41, 5.74) is 1.12. The molecule has 0 spiro atoms. The predicted molar refractivity (Wildman–Crippen MR) is 152 cm³/mol. The minimum absolute atomic E-state index is 0.177. The molecule has 1 N–H and O–H groups in total. The molecule has 0 aliphatic carbocycles. The molecular formula is C30H34ClF3N2O2S. The molecule has 3 rings (SSSR count). The van der Waals surface area contributed by atoms with Crippen molar-refractivity contribution in [2.24, 2.45) is 17.8 Å². The maximum atomic E-state index is 13.6. The van der Waals surface area contributed by atoms with E-state index in [9.17, 15) is 18.0 Å².